The largest absolute Gasteiger partial charge is 0.378 e. The molecule has 37 heavy (non-hydrogen) atoms. The Hall–Kier alpha value is -4.31. The van der Waals surface area contributed by atoms with Crippen molar-refractivity contribution in [2.24, 2.45) is 0 Å². The lowest BCUT2D eigenvalue weighted by molar-refractivity contribution is -0.462. The summed E-state index contributed by atoms with van der Waals surface area (Å²) in [6.45, 7) is 0. The van der Waals surface area contributed by atoms with Crippen molar-refractivity contribution < 1.29 is 13.4 Å². The monoisotopic (exact) mass is 493 g/mol. The molecule has 0 bridgehead atoms. The highest BCUT2D eigenvalue weighted by Gasteiger charge is 2.10. The Morgan fingerprint density at radius 1 is 0.676 bits per heavy atom. The van der Waals surface area contributed by atoms with Crippen LogP contribution in [-0.4, -0.2) is 38.5 Å². The highest BCUT2D eigenvalue weighted by molar-refractivity contribution is 6.03. The van der Waals surface area contributed by atoms with E-state index in [1.807, 2.05) is 46.4 Å². The van der Waals surface area contributed by atoms with Crippen LogP contribution in [0, 0.1) is 11.6 Å². The summed E-state index contributed by atoms with van der Waals surface area (Å²) in [6, 6.07) is 21.3. The summed E-state index contributed by atoms with van der Waals surface area (Å²) in [7, 11) is 8.03. The summed E-state index contributed by atoms with van der Waals surface area (Å²) in [4.78, 5) is 2.05. The Balaban J connectivity index is 1.78. The third kappa shape index (κ3) is 6.47. The molecule has 0 spiro atoms. The molecule has 3 aromatic rings. The quantitative estimate of drug-likeness (QED) is 0.258. The van der Waals surface area contributed by atoms with Crippen LogP contribution in [0.3, 0.4) is 0 Å². The van der Waals surface area contributed by atoms with Crippen molar-refractivity contribution in [3.63, 3.8) is 0 Å². The first kappa shape index (κ1) is 25.8. The molecule has 0 aromatic heterocycles. The maximum absolute atomic E-state index is 13.7. The number of hydrogen-bond acceptors (Lipinski definition) is 1. The molecule has 2 nitrogen and oxygen atoms in total. The number of hydrogen-bond donors (Lipinski definition) is 0. The fraction of sp³-hybridized carbons (Fsp3) is 0.121. The summed E-state index contributed by atoms with van der Waals surface area (Å²) >= 11 is 0. The predicted molar refractivity (Wildman–Crippen MR) is 152 cm³/mol. The van der Waals surface area contributed by atoms with Crippen molar-refractivity contribution in [1.82, 2.24) is 0 Å². The lowest BCUT2D eigenvalue weighted by Crippen LogP contribution is -2.09. The molecule has 0 atom stereocenters. The fourth-order valence-corrected chi connectivity index (χ4v) is 4.10. The van der Waals surface area contributed by atoms with E-state index in [-0.39, 0.29) is 11.6 Å². The molecule has 0 radical (unpaired) electrons. The first-order chi connectivity index (χ1) is 17.8. The van der Waals surface area contributed by atoms with E-state index in [1.54, 1.807) is 24.3 Å². The molecule has 0 amide bonds. The van der Waals surface area contributed by atoms with E-state index in [0.717, 1.165) is 44.8 Å². The summed E-state index contributed by atoms with van der Waals surface area (Å²) < 4.78 is 29.4. The fourth-order valence-electron chi connectivity index (χ4n) is 4.10. The molecule has 186 valence electrons. The van der Waals surface area contributed by atoms with Gasteiger partial charge in [0.2, 0.25) is 0 Å². The maximum atomic E-state index is 13.7. The van der Waals surface area contributed by atoms with Gasteiger partial charge in [-0.3, -0.25) is 0 Å². The summed E-state index contributed by atoms with van der Waals surface area (Å²) in [6.07, 6.45) is 14.4. The molecule has 4 heteroatoms. The van der Waals surface area contributed by atoms with Crippen LogP contribution < -0.4 is 4.90 Å². The van der Waals surface area contributed by atoms with Gasteiger partial charge < -0.3 is 4.90 Å². The molecule has 0 N–H and O–H groups in total. The summed E-state index contributed by atoms with van der Waals surface area (Å²) in [5.74, 6) is -0.538. The van der Waals surface area contributed by atoms with E-state index in [2.05, 4.69) is 58.0 Å². The van der Waals surface area contributed by atoms with Gasteiger partial charge in [0.25, 0.3) is 0 Å². The number of anilines is 1. The van der Waals surface area contributed by atoms with Crippen LogP contribution in [0.25, 0.3) is 11.1 Å². The molecule has 1 aliphatic carbocycles. The Labute approximate surface area is 218 Å². The molecular weight excluding hydrogens is 462 g/mol. The zero-order valence-electron chi connectivity index (χ0n) is 21.6. The molecule has 0 heterocycles. The normalized spacial score (nSPS) is 13.4. The molecule has 0 saturated carbocycles. The summed E-state index contributed by atoms with van der Waals surface area (Å²) in [5, 5.41) is 0. The van der Waals surface area contributed by atoms with Gasteiger partial charge in [-0.1, -0.05) is 54.6 Å². The first-order valence-corrected chi connectivity index (χ1v) is 12.1. The lowest BCUT2D eigenvalue weighted by atomic mass is 9.94. The average molecular weight is 494 g/mol. The van der Waals surface area contributed by atoms with E-state index in [1.165, 1.54) is 24.3 Å². The highest BCUT2D eigenvalue weighted by atomic mass is 19.1. The van der Waals surface area contributed by atoms with Crippen LogP contribution in [0.15, 0.2) is 121 Å². The minimum atomic E-state index is -0.269. The number of benzene rings is 3. The topological polar surface area (TPSA) is 6.25 Å². The van der Waals surface area contributed by atoms with Gasteiger partial charge in [0, 0.05) is 31.9 Å². The standard InChI is InChI=1S/C33H31F2N2/c1-36(2)30-20-12-26(13-21-30)32(24-8-16-28(34)17-9-24)6-5-7-33(25-10-18-29(35)19-11-25)27-14-22-31(23-15-27)37(3)4/h5-23H,1-4H3/q+1. The van der Waals surface area contributed by atoms with Crippen LogP contribution in [0.5, 0.6) is 0 Å². The van der Waals surface area contributed by atoms with Crippen LogP contribution in [0.2, 0.25) is 0 Å². The second-order valence-electron chi connectivity index (χ2n) is 9.25. The van der Waals surface area contributed by atoms with Crippen molar-refractivity contribution in [2.75, 3.05) is 33.1 Å². The van der Waals surface area contributed by atoms with Crippen molar-refractivity contribution >= 4 is 22.5 Å². The van der Waals surface area contributed by atoms with E-state index in [9.17, 15) is 8.78 Å². The zero-order chi connectivity index (χ0) is 26.4. The van der Waals surface area contributed by atoms with Crippen LogP contribution >= 0.6 is 0 Å². The van der Waals surface area contributed by atoms with Gasteiger partial charge in [-0.2, -0.15) is 0 Å². The van der Waals surface area contributed by atoms with Crippen molar-refractivity contribution in [3.05, 3.63) is 149 Å². The molecule has 4 rings (SSSR count). The number of halogens is 2. The second kappa shape index (κ2) is 11.6. The minimum Gasteiger partial charge on any atom is -0.378 e. The minimum absolute atomic E-state index is 0.269. The third-order valence-corrected chi connectivity index (χ3v) is 6.23. The second-order valence-corrected chi connectivity index (χ2v) is 9.25. The van der Waals surface area contributed by atoms with Gasteiger partial charge in [0.05, 0.1) is 0 Å². The van der Waals surface area contributed by atoms with Gasteiger partial charge in [0.15, 0.2) is 5.71 Å². The van der Waals surface area contributed by atoms with Crippen LogP contribution in [0.1, 0.15) is 16.7 Å². The number of nitrogens with zero attached hydrogens (tertiary/aromatic N) is 2. The predicted octanol–water partition coefficient (Wildman–Crippen LogP) is 7.31. The molecule has 3 aromatic carbocycles. The van der Waals surface area contributed by atoms with Crippen molar-refractivity contribution in [3.8, 4) is 0 Å². The molecular formula is C33H31F2N2+. The average Bonchev–Trinajstić information content (AvgIpc) is 2.90. The molecule has 0 saturated heterocycles. The van der Waals surface area contributed by atoms with Crippen LogP contribution in [-0.2, 0) is 0 Å². The molecule has 1 aliphatic rings. The van der Waals surface area contributed by atoms with Crippen LogP contribution in [0.4, 0.5) is 14.5 Å². The Morgan fingerprint density at radius 3 is 1.65 bits per heavy atom. The van der Waals surface area contributed by atoms with Gasteiger partial charge in [0.1, 0.15) is 25.7 Å². The smallest absolute Gasteiger partial charge is 0.199 e. The Kier molecular flexibility index (Phi) is 8.09. The first-order valence-electron chi connectivity index (χ1n) is 12.1. The zero-order valence-corrected chi connectivity index (χ0v) is 21.6. The Bertz CT molecular complexity index is 1410. The third-order valence-electron chi connectivity index (χ3n) is 6.23. The van der Waals surface area contributed by atoms with E-state index in [4.69, 9.17) is 0 Å². The van der Waals surface area contributed by atoms with Crippen molar-refractivity contribution in [2.45, 2.75) is 0 Å². The number of rotatable bonds is 6. The summed E-state index contributed by atoms with van der Waals surface area (Å²) in [5.41, 5.74) is 8.05. The van der Waals surface area contributed by atoms with Gasteiger partial charge >= 0.3 is 0 Å². The van der Waals surface area contributed by atoms with Gasteiger partial charge in [-0.25, -0.2) is 13.4 Å². The van der Waals surface area contributed by atoms with Gasteiger partial charge in [-0.15, -0.1) is 0 Å². The van der Waals surface area contributed by atoms with E-state index < -0.39 is 0 Å². The molecule has 0 unspecified atom stereocenters. The maximum Gasteiger partial charge on any atom is 0.199 e. The van der Waals surface area contributed by atoms with Crippen molar-refractivity contribution in [1.29, 1.82) is 0 Å². The van der Waals surface area contributed by atoms with E-state index >= 15 is 0 Å². The number of allylic oxidation sites excluding steroid dienone is 9. The lowest BCUT2D eigenvalue weighted by Gasteiger charge is -2.14. The highest BCUT2D eigenvalue weighted by Crippen LogP contribution is 2.28. The Morgan fingerprint density at radius 2 is 1.16 bits per heavy atom. The molecule has 0 aliphatic heterocycles. The van der Waals surface area contributed by atoms with Gasteiger partial charge in [-0.05, 0) is 82.0 Å². The molecule has 0 fully saturated rings. The SMILES string of the molecule is CN(C)c1ccc(C(=CC=CC(=C2C=CC(=[N+](C)C)C=C2)c2ccc(F)cc2)c2ccc(F)cc2)cc1. The van der Waals surface area contributed by atoms with E-state index in [0.29, 0.717) is 0 Å².